The summed E-state index contributed by atoms with van der Waals surface area (Å²) in [6.07, 6.45) is 0.652. The van der Waals surface area contributed by atoms with Gasteiger partial charge in [0.25, 0.3) is 0 Å². The topological polar surface area (TPSA) is 96.7 Å². The Balaban J connectivity index is 1.33. The molecule has 0 aliphatic carbocycles. The summed E-state index contributed by atoms with van der Waals surface area (Å²) in [5.41, 5.74) is 2.69. The number of benzene rings is 2. The second-order valence-corrected chi connectivity index (χ2v) is 6.30. The van der Waals surface area contributed by atoms with Gasteiger partial charge in [-0.1, -0.05) is 30.3 Å². The number of H-pyrrole nitrogens is 1. The number of imidazole rings is 1. The van der Waals surface area contributed by atoms with E-state index in [4.69, 9.17) is 4.42 Å². The number of hydrogen-bond donors (Lipinski definition) is 2. The fourth-order valence-corrected chi connectivity index (χ4v) is 2.83. The maximum Gasteiger partial charge on any atom is 0.247 e. The first kappa shape index (κ1) is 17.0. The Morgan fingerprint density at radius 1 is 1.11 bits per heavy atom. The van der Waals surface area contributed by atoms with Crippen molar-refractivity contribution in [2.75, 3.05) is 0 Å². The van der Waals surface area contributed by atoms with E-state index in [0.717, 1.165) is 22.4 Å². The van der Waals surface area contributed by atoms with Crippen LogP contribution in [0.15, 0.2) is 59.0 Å². The fourth-order valence-electron chi connectivity index (χ4n) is 2.83. The minimum atomic E-state index is -0.215. The van der Waals surface area contributed by atoms with E-state index in [9.17, 15) is 4.79 Å². The lowest BCUT2D eigenvalue weighted by atomic mass is 10.2. The second-order valence-electron chi connectivity index (χ2n) is 6.30. The van der Waals surface area contributed by atoms with Gasteiger partial charge >= 0.3 is 0 Å². The van der Waals surface area contributed by atoms with E-state index in [2.05, 4.69) is 25.5 Å². The molecule has 0 aliphatic heterocycles. The van der Waals surface area contributed by atoms with Gasteiger partial charge in [-0.15, -0.1) is 10.2 Å². The summed E-state index contributed by atoms with van der Waals surface area (Å²) in [5.74, 6) is 1.54. The molecule has 0 fully saturated rings. The molecule has 0 saturated heterocycles. The predicted molar refractivity (Wildman–Crippen MR) is 101 cm³/mol. The largest absolute Gasteiger partial charge is 0.421 e. The van der Waals surface area contributed by atoms with Crippen molar-refractivity contribution in [3.8, 4) is 11.5 Å². The number of nitrogens with one attached hydrogen (secondary N) is 2. The van der Waals surface area contributed by atoms with Crippen LogP contribution in [0.25, 0.3) is 22.5 Å². The molecule has 1 amide bonds. The molecule has 136 valence electrons. The van der Waals surface area contributed by atoms with Crippen LogP contribution in [0.1, 0.15) is 31.1 Å². The molecule has 0 bridgehead atoms. The molecule has 7 nitrogen and oxygen atoms in total. The van der Waals surface area contributed by atoms with Crippen LogP contribution in [-0.2, 0) is 11.2 Å². The van der Waals surface area contributed by atoms with Gasteiger partial charge in [-0.05, 0) is 31.2 Å². The van der Waals surface area contributed by atoms with Gasteiger partial charge in [-0.3, -0.25) is 4.79 Å². The van der Waals surface area contributed by atoms with Crippen LogP contribution in [0, 0.1) is 0 Å². The van der Waals surface area contributed by atoms with Gasteiger partial charge in [-0.2, -0.15) is 0 Å². The number of aromatic nitrogens is 4. The monoisotopic (exact) mass is 361 g/mol. The van der Waals surface area contributed by atoms with Crippen molar-refractivity contribution < 1.29 is 9.21 Å². The van der Waals surface area contributed by atoms with E-state index in [1.165, 1.54) is 0 Å². The highest BCUT2D eigenvalue weighted by Crippen LogP contribution is 2.18. The van der Waals surface area contributed by atoms with E-state index < -0.39 is 0 Å². The lowest BCUT2D eigenvalue weighted by molar-refractivity contribution is -0.121. The number of fused-ring (bicyclic) bond motifs is 1. The van der Waals surface area contributed by atoms with Gasteiger partial charge in [0.05, 0.1) is 17.1 Å². The quantitative estimate of drug-likeness (QED) is 0.548. The molecule has 0 radical (unpaired) electrons. The van der Waals surface area contributed by atoms with Crippen molar-refractivity contribution in [2.45, 2.75) is 25.8 Å². The molecule has 4 rings (SSSR count). The van der Waals surface area contributed by atoms with Crippen LogP contribution < -0.4 is 5.32 Å². The molecule has 2 N–H and O–H groups in total. The minimum absolute atomic E-state index is 0.0950. The van der Waals surface area contributed by atoms with Gasteiger partial charge in [0.15, 0.2) is 0 Å². The molecule has 4 aromatic rings. The molecule has 0 aliphatic rings. The lowest BCUT2D eigenvalue weighted by Crippen LogP contribution is -2.27. The summed E-state index contributed by atoms with van der Waals surface area (Å²) in [7, 11) is 0. The van der Waals surface area contributed by atoms with Crippen molar-refractivity contribution in [2.24, 2.45) is 0 Å². The summed E-state index contributed by atoms with van der Waals surface area (Å²) in [5, 5.41) is 11.0. The summed E-state index contributed by atoms with van der Waals surface area (Å²) in [6, 6.07) is 17.1. The number of amides is 1. The zero-order chi connectivity index (χ0) is 18.6. The number of nitrogens with zero attached hydrogens (tertiary/aromatic N) is 3. The lowest BCUT2D eigenvalue weighted by Gasteiger charge is -2.10. The van der Waals surface area contributed by atoms with Crippen LogP contribution in [-0.4, -0.2) is 26.1 Å². The number of para-hydroxylation sites is 2. The molecule has 0 unspecified atom stereocenters. The first-order valence-corrected chi connectivity index (χ1v) is 8.81. The maximum atomic E-state index is 12.2. The van der Waals surface area contributed by atoms with Crippen LogP contribution >= 0.6 is 0 Å². The summed E-state index contributed by atoms with van der Waals surface area (Å²) < 4.78 is 5.63. The minimum Gasteiger partial charge on any atom is -0.421 e. The van der Waals surface area contributed by atoms with E-state index in [0.29, 0.717) is 18.2 Å². The Morgan fingerprint density at radius 3 is 2.70 bits per heavy atom. The molecule has 2 aromatic carbocycles. The third-order valence-corrected chi connectivity index (χ3v) is 4.25. The third kappa shape index (κ3) is 3.87. The number of carbonyl (C=O) groups is 1. The van der Waals surface area contributed by atoms with E-state index in [1.54, 1.807) is 0 Å². The third-order valence-electron chi connectivity index (χ3n) is 4.25. The number of aromatic amines is 1. The highest BCUT2D eigenvalue weighted by molar-refractivity contribution is 5.77. The van der Waals surface area contributed by atoms with Gasteiger partial charge < -0.3 is 14.7 Å². The van der Waals surface area contributed by atoms with Crippen molar-refractivity contribution in [3.63, 3.8) is 0 Å². The Labute approximate surface area is 155 Å². The number of hydrogen-bond acceptors (Lipinski definition) is 5. The zero-order valence-electron chi connectivity index (χ0n) is 14.8. The molecular formula is C20H19N5O2. The molecule has 7 heteroatoms. The highest BCUT2D eigenvalue weighted by Gasteiger charge is 2.15. The van der Waals surface area contributed by atoms with Crippen LogP contribution in [0.2, 0.25) is 0 Å². The Hall–Kier alpha value is -3.48. The van der Waals surface area contributed by atoms with Gasteiger partial charge in [-0.25, -0.2) is 4.98 Å². The smallest absolute Gasteiger partial charge is 0.247 e. The Bertz CT molecular complexity index is 1020. The van der Waals surface area contributed by atoms with Crippen molar-refractivity contribution >= 4 is 16.9 Å². The Kier molecular flexibility index (Phi) is 4.65. The summed E-state index contributed by atoms with van der Waals surface area (Å²) in [6.45, 7) is 1.90. The standard InChI is InChI=1S/C20H19N5O2/c1-13(19-22-15-9-5-6-10-16(15)23-19)21-17(26)11-12-18-24-25-20(27-18)14-7-3-2-4-8-14/h2-10,13H,11-12H2,1H3,(H,21,26)(H,22,23)/t13-/m0/s1. The highest BCUT2D eigenvalue weighted by atomic mass is 16.4. The van der Waals surface area contributed by atoms with Crippen LogP contribution in [0.4, 0.5) is 0 Å². The van der Waals surface area contributed by atoms with Gasteiger partial charge in [0, 0.05) is 18.4 Å². The van der Waals surface area contributed by atoms with Crippen molar-refractivity contribution in [1.82, 2.24) is 25.5 Å². The molecule has 0 saturated carbocycles. The number of aryl methyl sites for hydroxylation is 1. The first-order chi connectivity index (χ1) is 13.2. The molecule has 0 spiro atoms. The fraction of sp³-hybridized carbons (Fsp3) is 0.200. The molecular weight excluding hydrogens is 342 g/mol. The van der Waals surface area contributed by atoms with Gasteiger partial charge in [0.2, 0.25) is 17.7 Å². The van der Waals surface area contributed by atoms with E-state index >= 15 is 0 Å². The average molecular weight is 361 g/mol. The van der Waals surface area contributed by atoms with Crippen LogP contribution in [0.3, 0.4) is 0 Å². The first-order valence-electron chi connectivity index (χ1n) is 8.81. The second kappa shape index (κ2) is 7.41. The zero-order valence-corrected chi connectivity index (χ0v) is 14.8. The maximum absolute atomic E-state index is 12.2. The molecule has 27 heavy (non-hydrogen) atoms. The molecule has 1 atom stereocenters. The molecule has 2 aromatic heterocycles. The SMILES string of the molecule is C[C@H](NC(=O)CCc1nnc(-c2ccccc2)o1)c1nc2ccccc2[nH]1. The number of rotatable bonds is 6. The molecule has 2 heterocycles. The van der Waals surface area contributed by atoms with Gasteiger partial charge in [0.1, 0.15) is 5.82 Å². The van der Waals surface area contributed by atoms with Crippen LogP contribution in [0.5, 0.6) is 0 Å². The van der Waals surface area contributed by atoms with Crippen molar-refractivity contribution in [1.29, 1.82) is 0 Å². The summed E-state index contributed by atoms with van der Waals surface area (Å²) >= 11 is 0. The average Bonchev–Trinajstić information content (AvgIpc) is 3.34. The number of carbonyl (C=O) groups excluding carboxylic acids is 1. The van der Waals surface area contributed by atoms with E-state index in [-0.39, 0.29) is 18.4 Å². The summed E-state index contributed by atoms with van der Waals surface area (Å²) in [4.78, 5) is 20.0. The Morgan fingerprint density at radius 2 is 1.89 bits per heavy atom. The van der Waals surface area contributed by atoms with E-state index in [1.807, 2.05) is 61.5 Å². The normalized spacial score (nSPS) is 12.2. The van der Waals surface area contributed by atoms with Crippen molar-refractivity contribution in [3.05, 3.63) is 66.3 Å². The predicted octanol–water partition coefficient (Wildman–Crippen LogP) is 3.42.